The quantitative estimate of drug-likeness (QED) is 0.199. The second-order valence-electron chi connectivity index (χ2n) is 10.7. The molecule has 1 saturated heterocycles. The van der Waals surface area contributed by atoms with Crippen LogP contribution in [0.3, 0.4) is 0 Å². The van der Waals surface area contributed by atoms with Crippen LogP contribution >= 0.6 is 0 Å². The van der Waals surface area contributed by atoms with Crippen molar-refractivity contribution in [1.29, 1.82) is 0 Å². The molecule has 4 rings (SSSR count). The highest BCUT2D eigenvalue weighted by atomic mass is 16.5. The molecule has 0 aliphatic carbocycles. The number of amides is 3. The van der Waals surface area contributed by atoms with Gasteiger partial charge in [-0.15, -0.1) is 0 Å². The fraction of sp³-hybridized carbons (Fsp3) is 0.294. The highest BCUT2D eigenvalue weighted by Crippen LogP contribution is 2.44. The van der Waals surface area contributed by atoms with Crippen LogP contribution in [0.1, 0.15) is 37.9 Å². The maximum absolute atomic E-state index is 13.7. The summed E-state index contributed by atoms with van der Waals surface area (Å²) in [6.45, 7) is 5.18. The zero-order valence-corrected chi connectivity index (χ0v) is 25.0. The lowest BCUT2D eigenvalue weighted by Gasteiger charge is -2.44. The van der Waals surface area contributed by atoms with Crippen LogP contribution in [0.4, 0.5) is 5.69 Å². The molecule has 1 aliphatic heterocycles. The summed E-state index contributed by atoms with van der Waals surface area (Å²) < 4.78 is 10.1. The van der Waals surface area contributed by atoms with Crippen molar-refractivity contribution in [3.05, 3.63) is 107 Å². The lowest BCUT2D eigenvalue weighted by molar-refractivity contribution is -0.146. The molecule has 9 heteroatoms. The molecule has 0 radical (unpaired) electrons. The Bertz CT molecular complexity index is 1490. The number of anilines is 1. The summed E-state index contributed by atoms with van der Waals surface area (Å²) in [5.41, 5.74) is 2.88. The number of nitrogens with zero attached hydrogens (tertiary/aromatic N) is 1. The molecule has 3 atom stereocenters. The van der Waals surface area contributed by atoms with E-state index in [1.165, 1.54) is 7.11 Å². The van der Waals surface area contributed by atoms with Gasteiger partial charge in [0.1, 0.15) is 17.8 Å². The molecule has 2 N–H and O–H groups in total. The molecule has 9 nitrogen and oxygen atoms in total. The Kier molecular flexibility index (Phi) is 9.98. The molecule has 3 amide bonds. The molecule has 43 heavy (non-hydrogen) atoms. The molecule has 0 saturated carbocycles. The third kappa shape index (κ3) is 6.94. The number of carbonyl (C=O) groups is 4. The van der Waals surface area contributed by atoms with Gasteiger partial charge in [-0.05, 0) is 48.2 Å². The smallest absolute Gasteiger partial charge is 0.328 e. The Balaban J connectivity index is 1.65. The van der Waals surface area contributed by atoms with Gasteiger partial charge in [-0.25, -0.2) is 4.79 Å². The Morgan fingerprint density at radius 3 is 2.02 bits per heavy atom. The number of β-lactam (4-membered cyclic amide) rings is 1. The van der Waals surface area contributed by atoms with Crippen LogP contribution in [0.15, 0.2) is 96.1 Å². The van der Waals surface area contributed by atoms with Crippen LogP contribution < -0.4 is 20.3 Å². The van der Waals surface area contributed by atoms with E-state index in [1.807, 2.05) is 60.7 Å². The first kappa shape index (κ1) is 31.0. The predicted octanol–water partition coefficient (Wildman–Crippen LogP) is 4.14. The lowest BCUT2D eigenvalue weighted by atomic mass is 9.84. The average molecular weight is 584 g/mol. The number of hydrogen-bond acceptors (Lipinski definition) is 6. The van der Waals surface area contributed by atoms with Crippen molar-refractivity contribution in [3.8, 4) is 5.75 Å². The van der Waals surface area contributed by atoms with Gasteiger partial charge in [-0.3, -0.25) is 19.3 Å². The van der Waals surface area contributed by atoms with E-state index in [1.54, 1.807) is 57.0 Å². The van der Waals surface area contributed by atoms with Crippen molar-refractivity contribution in [2.45, 2.75) is 45.3 Å². The second-order valence-corrected chi connectivity index (χ2v) is 10.7. The molecule has 1 fully saturated rings. The molecule has 1 aliphatic rings. The first-order chi connectivity index (χ1) is 20.7. The molecule has 1 unspecified atom stereocenters. The summed E-state index contributed by atoms with van der Waals surface area (Å²) in [5, 5.41) is 5.57. The van der Waals surface area contributed by atoms with Crippen molar-refractivity contribution in [2.75, 3.05) is 19.1 Å². The minimum absolute atomic E-state index is 0.182. The summed E-state index contributed by atoms with van der Waals surface area (Å²) >= 11 is 0. The van der Waals surface area contributed by atoms with Gasteiger partial charge in [-0.2, -0.15) is 0 Å². The largest absolute Gasteiger partial charge is 0.497 e. The van der Waals surface area contributed by atoms with E-state index in [2.05, 4.69) is 10.6 Å². The van der Waals surface area contributed by atoms with Crippen molar-refractivity contribution < 1.29 is 28.7 Å². The summed E-state index contributed by atoms with van der Waals surface area (Å²) in [6.07, 6.45) is 0.182. The molecule has 224 valence electrons. The predicted molar refractivity (Wildman–Crippen MR) is 163 cm³/mol. The molecule has 3 aromatic carbocycles. The number of methoxy groups -OCH3 is 2. The maximum atomic E-state index is 13.7. The van der Waals surface area contributed by atoms with Crippen LogP contribution in [-0.4, -0.2) is 50.0 Å². The number of carbonyl (C=O) groups excluding carboxylic acids is 4. The number of benzene rings is 3. The fourth-order valence-corrected chi connectivity index (χ4v) is 5.08. The van der Waals surface area contributed by atoms with Gasteiger partial charge in [0.05, 0.1) is 25.8 Å². The Labute approximate surface area is 251 Å². The highest BCUT2D eigenvalue weighted by molar-refractivity contribution is 6.19. The van der Waals surface area contributed by atoms with Crippen LogP contribution in [0.2, 0.25) is 0 Å². The third-order valence-electron chi connectivity index (χ3n) is 7.52. The molecule has 1 heterocycles. The minimum Gasteiger partial charge on any atom is -0.497 e. The standard InChI is InChI=1S/C34H37N3O6/c1-21(2)29(34(41)43-5)36-32(39)27(20-23-12-8-6-9-13-23)35-31(38)22(3)28-30(24-14-10-7-11-15-24)37(33(28)40)25-16-18-26(42-4)19-17-25/h6-19,21,27,29-30H,20H2,1-5H3,(H,35,38)(H,36,39)/b28-22+/t27-,29-,30?/m0/s1. The Morgan fingerprint density at radius 1 is 0.860 bits per heavy atom. The zero-order chi connectivity index (χ0) is 31.1. The van der Waals surface area contributed by atoms with E-state index in [9.17, 15) is 19.2 Å². The number of rotatable bonds is 11. The first-order valence-corrected chi connectivity index (χ1v) is 14.1. The SMILES string of the molecule is COC(=O)[C@@H](NC(=O)[C@H](Cc1ccccc1)NC(=O)/C(C)=C1/C(=O)N(c2ccc(OC)cc2)C1c1ccccc1)C(C)C. The van der Waals surface area contributed by atoms with Crippen molar-refractivity contribution >= 4 is 29.4 Å². The van der Waals surface area contributed by atoms with Crippen LogP contribution in [0, 0.1) is 5.92 Å². The van der Waals surface area contributed by atoms with Crippen LogP contribution in [0.25, 0.3) is 0 Å². The van der Waals surface area contributed by atoms with Crippen molar-refractivity contribution in [1.82, 2.24) is 10.6 Å². The third-order valence-corrected chi connectivity index (χ3v) is 7.52. The van der Waals surface area contributed by atoms with Crippen molar-refractivity contribution in [2.24, 2.45) is 5.92 Å². The van der Waals surface area contributed by atoms with Gasteiger partial charge in [0, 0.05) is 17.7 Å². The number of ether oxygens (including phenoxy) is 2. The van der Waals surface area contributed by atoms with E-state index >= 15 is 0 Å². The lowest BCUT2D eigenvalue weighted by Crippen LogP contribution is -2.55. The average Bonchev–Trinajstić information content (AvgIpc) is 3.02. The van der Waals surface area contributed by atoms with Crippen LogP contribution in [0.5, 0.6) is 5.75 Å². The van der Waals surface area contributed by atoms with E-state index in [0.717, 1.165) is 11.1 Å². The van der Waals surface area contributed by atoms with Gasteiger partial charge >= 0.3 is 5.97 Å². The van der Waals surface area contributed by atoms with Gasteiger partial charge in [0.2, 0.25) is 11.8 Å². The van der Waals surface area contributed by atoms with Gasteiger partial charge in [0.25, 0.3) is 5.91 Å². The van der Waals surface area contributed by atoms with Crippen LogP contribution in [-0.2, 0) is 30.3 Å². The van der Waals surface area contributed by atoms with E-state index < -0.39 is 35.9 Å². The van der Waals surface area contributed by atoms with Gasteiger partial charge in [0.15, 0.2) is 0 Å². The summed E-state index contributed by atoms with van der Waals surface area (Å²) in [6, 6.07) is 23.4. The van der Waals surface area contributed by atoms with E-state index in [4.69, 9.17) is 9.47 Å². The Hall–Kier alpha value is -4.92. The zero-order valence-electron chi connectivity index (χ0n) is 25.0. The topological polar surface area (TPSA) is 114 Å². The van der Waals surface area contributed by atoms with Crippen molar-refractivity contribution in [3.63, 3.8) is 0 Å². The number of nitrogens with one attached hydrogen (secondary N) is 2. The molecular formula is C34H37N3O6. The normalized spacial score (nSPS) is 16.9. The monoisotopic (exact) mass is 583 g/mol. The highest BCUT2D eigenvalue weighted by Gasteiger charge is 2.46. The second kappa shape index (κ2) is 13.8. The number of hydrogen-bond donors (Lipinski definition) is 2. The maximum Gasteiger partial charge on any atom is 0.328 e. The summed E-state index contributed by atoms with van der Waals surface area (Å²) in [4.78, 5) is 54.8. The van der Waals surface area contributed by atoms with E-state index in [0.29, 0.717) is 17.0 Å². The summed E-state index contributed by atoms with van der Waals surface area (Å²) in [7, 11) is 2.83. The Morgan fingerprint density at radius 2 is 1.47 bits per heavy atom. The molecule has 0 bridgehead atoms. The molecule has 3 aromatic rings. The molecule has 0 aromatic heterocycles. The number of esters is 1. The minimum atomic E-state index is -1.01. The van der Waals surface area contributed by atoms with Gasteiger partial charge in [-0.1, -0.05) is 74.5 Å². The van der Waals surface area contributed by atoms with Gasteiger partial charge < -0.3 is 20.1 Å². The summed E-state index contributed by atoms with van der Waals surface area (Å²) in [5.74, 6) is -1.53. The molecule has 0 spiro atoms. The van der Waals surface area contributed by atoms with E-state index in [-0.39, 0.29) is 23.8 Å². The fourth-order valence-electron chi connectivity index (χ4n) is 5.08. The molecular weight excluding hydrogens is 546 g/mol. The first-order valence-electron chi connectivity index (χ1n) is 14.1.